The van der Waals surface area contributed by atoms with Crippen LogP contribution >= 0.6 is 0 Å². The van der Waals surface area contributed by atoms with E-state index in [1.807, 2.05) is 6.92 Å². The lowest BCUT2D eigenvalue weighted by atomic mass is 9.94. The first-order valence-electron chi connectivity index (χ1n) is 7.82. The van der Waals surface area contributed by atoms with Crippen LogP contribution in [0.15, 0.2) is 0 Å². The Labute approximate surface area is 123 Å². The number of rotatable bonds is 9. The lowest BCUT2D eigenvalue weighted by molar-refractivity contribution is -0.124. The van der Waals surface area contributed by atoms with Gasteiger partial charge < -0.3 is 20.7 Å². The maximum atomic E-state index is 11.6. The molecule has 1 rings (SSSR count). The molecule has 0 saturated carbocycles. The van der Waals surface area contributed by atoms with E-state index in [2.05, 4.69) is 17.1 Å². The quantitative estimate of drug-likeness (QED) is 0.666. The van der Waals surface area contributed by atoms with Gasteiger partial charge in [0.05, 0.1) is 11.6 Å². The number of piperidine rings is 1. The van der Waals surface area contributed by atoms with Crippen molar-refractivity contribution in [2.24, 2.45) is 5.73 Å². The molecule has 0 aromatic rings. The number of amides is 1. The monoisotopic (exact) mass is 285 g/mol. The fourth-order valence-corrected chi connectivity index (χ4v) is 2.76. The maximum Gasteiger partial charge on any atom is 0.237 e. The van der Waals surface area contributed by atoms with Gasteiger partial charge >= 0.3 is 0 Å². The summed E-state index contributed by atoms with van der Waals surface area (Å²) in [6.45, 7) is 7.99. The van der Waals surface area contributed by atoms with Gasteiger partial charge in [-0.2, -0.15) is 0 Å². The van der Waals surface area contributed by atoms with Crippen LogP contribution in [0.25, 0.3) is 0 Å². The molecule has 0 aromatic carbocycles. The summed E-state index contributed by atoms with van der Waals surface area (Å²) in [6.07, 6.45) is 5.49. The van der Waals surface area contributed by atoms with Crippen molar-refractivity contribution in [3.63, 3.8) is 0 Å². The predicted molar refractivity (Wildman–Crippen MR) is 81.6 cm³/mol. The number of ether oxygens (including phenoxy) is 1. The normalized spacial score (nSPS) is 23.4. The number of primary amides is 1. The van der Waals surface area contributed by atoms with Crippen LogP contribution in [0.5, 0.6) is 0 Å². The number of hydrogen-bond donors (Lipinski definition) is 2. The van der Waals surface area contributed by atoms with Crippen LogP contribution in [0.3, 0.4) is 0 Å². The Hall–Kier alpha value is -0.650. The van der Waals surface area contributed by atoms with Crippen molar-refractivity contribution in [1.82, 2.24) is 10.2 Å². The third-order valence-electron chi connectivity index (χ3n) is 4.26. The summed E-state index contributed by atoms with van der Waals surface area (Å²) in [5.74, 6) is -0.251. The van der Waals surface area contributed by atoms with Gasteiger partial charge in [0, 0.05) is 13.7 Å². The van der Waals surface area contributed by atoms with Crippen molar-refractivity contribution in [2.75, 3.05) is 33.3 Å². The molecule has 5 nitrogen and oxygen atoms in total. The van der Waals surface area contributed by atoms with Crippen LogP contribution in [0, 0.1) is 0 Å². The van der Waals surface area contributed by atoms with E-state index in [1.165, 1.54) is 6.42 Å². The van der Waals surface area contributed by atoms with Gasteiger partial charge in [0.1, 0.15) is 0 Å². The molecule has 1 amide bonds. The first-order chi connectivity index (χ1) is 9.51. The molecule has 1 aliphatic heterocycles. The highest BCUT2D eigenvalue weighted by molar-refractivity contribution is 5.84. The molecule has 0 spiro atoms. The highest BCUT2D eigenvalue weighted by atomic mass is 16.5. The molecule has 0 aliphatic carbocycles. The fourth-order valence-electron chi connectivity index (χ4n) is 2.76. The Balaban J connectivity index is 2.34. The number of carbonyl (C=O) groups is 1. The number of nitrogens with one attached hydrogen (secondary N) is 1. The second-order valence-corrected chi connectivity index (χ2v) is 6.03. The van der Waals surface area contributed by atoms with Crippen molar-refractivity contribution >= 4 is 5.91 Å². The van der Waals surface area contributed by atoms with E-state index in [-0.39, 0.29) is 5.91 Å². The van der Waals surface area contributed by atoms with E-state index in [1.54, 1.807) is 7.11 Å². The van der Waals surface area contributed by atoms with Crippen molar-refractivity contribution in [3.8, 4) is 0 Å². The van der Waals surface area contributed by atoms with Gasteiger partial charge in [0.15, 0.2) is 0 Å². The van der Waals surface area contributed by atoms with Gasteiger partial charge in [-0.3, -0.25) is 4.79 Å². The van der Waals surface area contributed by atoms with Crippen LogP contribution in [-0.2, 0) is 9.53 Å². The van der Waals surface area contributed by atoms with Gasteiger partial charge in [0.25, 0.3) is 0 Å². The Morgan fingerprint density at radius 3 is 2.90 bits per heavy atom. The lowest BCUT2D eigenvalue weighted by Gasteiger charge is -2.33. The summed E-state index contributed by atoms with van der Waals surface area (Å²) >= 11 is 0. The molecule has 2 unspecified atom stereocenters. The second kappa shape index (κ2) is 8.60. The van der Waals surface area contributed by atoms with Gasteiger partial charge in [-0.1, -0.05) is 6.92 Å². The maximum absolute atomic E-state index is 11.6. The number of methoxy groups -OCH3 is 1. The van der Waals surface area contributed by atoms with Crippen LogP contribution in [0.2, 0.25) is 0 Å². The fraction of sp³-hybridized carbons (Fsp3) is 0.933. The molecular weight excluding hydrogens is 254 g/mol. The molecule has 1 heterocycles. The molecular formula is C15H31N3O2. The summed E-state index contributed by atoms with van der Waals surface area (Å²) in [4.78, 5) is 14.1. The first-order valence-corrected chi connectivity index (χ1v) is 7.82. The molecule has 20 heavy (non-hydrogen) atoms. The summed E-state index contributed by atoms with van der Waals surface area (Å²) in [5.41, 5.74) is 4.96. The van der Waals surface area contributed by atoms with Crippen molar-refractivity contribution < 1.29 is 9.53 Å². The van der Waals surface area contributed by atoms with Gasteiger partial charge in [-0.15, -0.1) is 0 Å². The van der Waals surface area contributed by atoms with E-state index in [0.717, 1.165) is 51.9 Å². The zero-order valence-electron chi connectivity index (χ0n) is 13.3. The van der Waals surface area contributed by atoms with E-state index in [4.69, 9.17) is 10.5 Å². The van der Waals surface area contributed by atoms with Gasteiger partial charge in [-0.05, 0) is 58.7 Å². The predicted octanol–water partition coefficient (Wildman–Crippen LogP) is 1.12. The third-order valence-corrected chi connectivity index (χ3v) is 4.26. The number of nitrogens with zero attached hydrogens (tertiary/aromatic N) is 1. The summed E-state index contributed by atoms with van der Waals surface area (Å²) in [5, 5.41) is 3.29. The van der Waals surface area contributed by atoms with Crippen molar-refractivity contribution in [3.05, 3.63) is 0 Å². The number of hydrogen-bond acceptors (Lipinski definition) is 4. The Bertz CT molecular complexity index is 299. The van der Waals surface area contributed by atoms with Crippen LogP contribution in [-0.4, -0.2) is 55.7 Å². The SMILES string of the molecule is CCCNC(C)(CCCN1CCCC(OC)C1)C(N)=O. The summed E-state index contributed by atoms with van der Waals surface area (Å²) in [7, 11) is 1.78. The highest BCUT2D eigenvalue weighted by Crippen LogP contribution is 2.16. The average Bonchev–Trinajstić information content (AvgIpc) is 2.45. The third kappa shape index (κ3) is 5.38. The topological polar surface area (TPSA) is 67.6 Å². The van der Waals surface area contributed by atoms with E-state index in [9.17, 15) is 4.79 Å². The van der Waals surface area contributed by atoms with E-state index < -0.39 is 5.54 Å². The largest absolute Gasteiger partial charge is 0.380 e. The molecule has 1 aliphatic rings. The Kier molecular flexibility index (Phi) is 7.48. The Morgan fingerprint density at radius 1 is 1.55 bits per heavy atom. The van der Waals surface area contributed by atoms with Crippen LogP contribution in [0.4, 0.5) is 0 Å². The smallest absolute Gasteiger partial charge is 0.237 e. The molecule has 1 saturated heterocycles. The minimum atomic E-state index is -0.577. The molecule has 2 atom stereocenters. The van der Waals surface area contributed by atoms with Crippen molar-refractivity contribution in [1.29, 1.82) is 0 Å². The molecule has 118 valence electrons. The molecule has 0 radical (unpaired) electrons. The van der Waals surface area contributed by atoms with Gasteiger partial charge in [0.2, 0.25) is 5.91 Å². The number of carbonyl (C=O) groups excluding carboxylic acids is 1. The average molecular weight is 285 g/mol. The summed E-state index contributed by atoms with van der Waals surface area (Å²) in [6, 6.07) is 0. The molecule has 3 N–H and O–H groups in total. The number of likely N-dealkylation sites (tertiary alicyclic amines) is 1. The molecule has 0 aromatic heterocycles. The number of nitrogens with two attached hydrogens (primary N) is 1. The highest BCUT2D eigenvalue weighted by Gasteiger charge is 2.30. The lowest BCUT2D eigenvalue weighted by Crippen LogP contribution is -2.53. The minimum absolute atomic E-state index is 0.251. The van der Waals surface area contributed by atoms with Crippen LogP contribution < -0.4 is 11.1 Å². The zero-order chi connectivity index (χ0) is 15.0. The zero-order valence-corrected chi connectivity index (χ0v) is 13.3. The molecule has 1 fully saturated rings. The molecule has 5 heteroatoms. The second-order valence-electron chi connectivity index (χ2n) is 6.03. The minimum Gasteiger partial charge on any atom is -0.380 e. The van der Waals surface area contributed by atoms with Crippen LogP contribution in [0.1, 0.15) is 46.0 Å². The summed E-state index contributed by atoms with van der Waals surface area (Å²) < 4.78 is 5.43. The first kappa shape index (κ1) is 17.4. The van der Waals surface area contributed by atoms with Gasteiger partial charge in [-0.25, -0.2) is 0 Å². The van der Waals surface area contributed by atoms with E-state index >= 15 is 0 Å². The Morgan fingerprint density at radius 2 is 2.30 bits per heavy atom. The van der Waals surface area contributed by atoms with Crippen molar-refractivity contribution in [2.45, 2.75) is 57.6 Å². The van der Waals surface area contributed by atoms with E-state index in [0.29, 0.717) is 6.10 Å². The molecule has 0 bridgehead atoms. The standard InChI is InChI=1S/C15H31N3O2/c1-4-9-17-15(2,14(16)19)8-6-11-18-10-5-7-13(12-18)20-3/h13,17H,4-12H2,1-3H3,(H2,16,19).